The van der Waals surface area contributed by atoms with Gasteiger partial charge in [0.1, 0.15) is 18.1 Å². The Morgan fingerprint density at radius 3 is 1.87 bits per heavy atom. The molecule has 0 radical (unpaired) electrons. The van der Waals surface area contributed by atoms with Gasteiger partial charge in [-0.2, -0.15) is 12.6 Å². The summed E-state index contributed by atoms with van der Waals surface area (Å²) in [5.74, 6) is -4.48. The summed E-state index contributed by atoms with van der Waals surface area (Å²) in [5, 5.41) is 16.7. The van der Waals surface area contributed by atoms with Gasteiger partial charge in [-0.15, -0.1) is 0 Å². The smallest absolute Gasteiger partial charge is 0.327 e. The Hall–Kier alpha value is -2.34. The first-order chi connectivity index (χ1) is 14.3. The number of carbonyl (C=O) groups excluding carboxylic acids is 4. The van der Waals surface area contributed by atoms with Gasteiger partial charge in [0.25, 0.3) is 0 Å². The molecule has 178 valence electrons. The van der Waals surface area contributed by atoms with Crippen molar-refractivity contribution in [3.63, 3.8) is 0 Å². The molecule has 0 bridgehead atoms. The third-order valence-corrected chi connectivity index (χ3v) is 5.24. The summed E-state index contributed by atoms with van der Waals surface area (Å²) in [6, 6.07) is -4.24. The Morgan fingerprint density at radius 2 is 1.45 bits per heavy atom. The highest BCUT2D eigenvalue weighted by Crippen LogP contribution is 2.11. The molecule has 0 aliphatic heterocycles. The van der Waals surface area contributed by atoms with Gasteiger partial charge < -0.3 is 32.5 Å². The number of nitrogens with one attached hydrogen (secondary N) is 3. The van der Waals surface area contributed by atoms with E-state index in [2.05, 4.69) is 28.6 Å². The molecule has 11 nitrogen and oxygen atoms in total. The van der Waals surface area contributed by atoms with Gasteiger partial charge in [0, 0.05) is 12.2 Å². The first-order valence-electron chi connectivity index (χ1n) is 10.1. The summed E-state index contributed by atoms with van der Waals surface area (Å²) in [6.45, 7) is 6.98. The molecule has 0 aromatic rings. The van der Waals surface area contributed by atoms with Gasteiger partial charge in [-0.25, -0.2) is 4.79 Å². The Kier molecular flexibility index (Phi) is 12.8. The number of nitrogens with two attached hydrogens (primary N) is 2. The number of carboxylic acid groups (broad SMARTS) is 1. The maximum atomic E-state index is 12.9. The molecule has 0 aliphatic carbocycles. The van der Waals surface area contributed by atoms with Crippen LogP contribution in [0.1, 0.15) is 47.0 Å². The largest absolute Gasteiger partial charge is 0.480 e. The maximum absolute atomic E-state index is 12.9. The van der Waals surface area contributed by atoms with E-state index in [-0.39, 0.29) is 30.4 Å². The van der Waals surface area contributed by atoms with E-state index < -0.39 is 53.8 Å². The molecule has 0 heterocycles. The molecule has 0 saturated carbocycles. The fraction of sp³-hybridized carbons (Fsp3) is 0.737. The van der Waals surface area contributed by atoms with Crippen LogP contribution in [0.25, 0.3) is 0 Å². The zero-order chi connectivity index (χ0) is 24.3. The number of hydrogen-bond acceptors (Lipinski definition) is 7. The topological polar surface area (TPSA) is 194 Å². The Balaban J connectivity index is 5.36. The molecule has 4 amide bonds. The minimum absolute atomic E-state index is 0.0335. The quantitative estimate of drug-likeness (QED) is 0.157. The van der Waals surface area contributed by atoms with Gasteiger partial charge in [0.05, 0.1) is 6.04 Å². The van der Waals surface area contributed by atoms with Crippen molar-refractivity contribution in [3.8, 4) is 0 Å². The third-order valence-electron chi connectivity index (χ3n) is 4.88. The molecule has 5 unspecified atom stereocenters. The standard InChI is InChI=1S/C19H35N5O6S/c1-5-10(4)15(18(28)22-12(8-31)19(29)30)24-17(27)14(9(2)3)23-16(26)11(20)6-7-13(21)25/h9-12,14-15,31H,5-8,20H2,1-4H3,(H2,21,25)(H,22,28)(H,23,26)(H,24,27)(H,29,30). The highest BCUT2D eigenvalue weighted by molar-refractivity contribution is 7.80. The highest BCUT2D eigenvalue weighted by Gasteiger charge is 2.33. The van der Waals surface area contributed by atoms with Crippen LogP contribution in [-0.2, 0) is 24.0 Å². The van der Waals surface area contributed by atoms with E-state index in [1.165, 1.54) is 0 Å². The molecule has 0 saturated heterocycles. The molecule has 0 fully saturated rings. The molecule has 0 aliphatic rings. The average Bonchev–Trinajstić information content (AvgIpc) is 2.70. The van der Waals surface area contributed by atoms with Crippen LogP contribution in [0.2, 0.25) is 0 Å². The van der Waals surface area contributed by atoms with Crippen LogP contribution in [0.5, 0.6) is 0 Å². The molecule has 0 aromatic carbocycles. The van der Waals surface area contributed by atoms with E-state index in [0.29, 0.717) is 6.42 Å². The molecule has 0 rings (SSSR count). The van der Waals surface area contributed by atoms with Crippen LogP contribution in [0.3, 0.4) is 0 Å². The van der Waals surface area contributed by atoms with Crippen LogP contribution in [-0.4, -0.2) is 64.6 Å². The molecule has 0 aromatic heterocycles. The van der Waals surface area contributed by atoms with Crippen molar-refractivity contribution < 1.29 is 29.1 Å². The second kappa shape index (κ2) is 13.9. The third kappa shape index (κ3) is 10.0. The lowest BCUT2D eigenvalue weighted by molar-refractivity contribution is -0.142. The predicted octanol–water partition coefficient (Wildman–Crippen LogP) is -1.25. The van der Waals surface area contributed by atoms with E-state index in [1.807, 2.05) is 6.92 Å². The fourth-order valence-electron chi connectivity index (χ4n) is 2.62. The lowest BCUT2D eigenvalue weighted by Gasteiger charge is -2.29. The molecule has 31 heavy (non-hydrogen) atoms. The summed E-state index contributed by atoms with van der Waals surface area (Å²) in [5.41, 5.74) is 10.8. The van der Waals surface area contributed by atoms with E-state index in [0.717, 1.165) is 0 Å². The number of rotatable bonds is 14. The molecular formula is C19H35N5O6S. The lowest BCUT2D eigenvalue weighted by Crippen LogP contribution is -2.60. The highest BCUT2D eigenvalue weighted by atomic mass is 32.1. The van der Waals surface area contributed by atoms with Gasteiger partial charge in [0.15, 0.2) is 0 Å². The van der Waals surface area contributed by atoms with Gasteiger partial charge in [-0.05, 0) is 18.3 Å². The van der Waals surface area contributed by atoms with Crippen LogP contribution >= 0.6 is 12.6 Å². The van der Waals surface area contributed by atoms with Crippen molar-refractivity contribution in [2.24, 2.45) is 23.3 Å². The molecular weight excluding hydrogens is 426 g/mol. The van der Waals surface area contributed by atoms with E-state index >= 15 is 0 Å². The summed E-state index contributed by atoms with van der Waals surface area (Å²) < 4.78 is 0. The normalized spacial score (nSPS) is 15.8. The lowest BCUT2D eigenvalue weighted by atomic mass is 9.96. The minimum Gasteiger partial charge on any atom is -0.480 e. The fourth-order valence-corrected chi connectivity index (χ4v) is 2.86. The van der Waals surface area contributed by atoms with Crippen molar-refractivity contribution >= 4 is 42.2 Å². The number of hydrogen-bond donors (Lipinski definition) is 7. The minimum atomic E-state index is -1.24. The molecule has 12 heteroatoms. The Bertz CT molecular complexity index is 660. The van der Waals surface area contributed by atoms with Crippen LogP contribution < -0.4 is 27.4 Å². The zero-order valence-electron chi connectivity index (χ0n) is 18.4. The van der Waals surface area contributed by atoms with Gasteiger partial charge in [0.2, 0.25) is 23.6 Å². The number of carbonyl (C=O) groups is 5. The summed E-state index contributed by atoms with van der Waals surface area (Å²) in [4.78, 5) is 59.9. The molecule has 5 atom stereocenters. The Morgan fingerprint density at radius 1 is 0.935 bits per heavy atom. The summed E-state index contributed by atoms with van der Waals surface area (Å²) in [6.07, 6.45) is 0.499. The van der Waals surface area contributed by atoms with Crippen molar-refractivity contribution in [2.75, 3.05) is 5.75 Å². The van der Waals surface area contributed by atoms with Crippen LogP contribution in [0.15, 0.2) is 0 Å². The zero-order valence-corrected chi connectivity index (χ0v) is 19.3. The second-order valence-electron chi connectivity index (χ2n) is 7.80. The molecule has 8 N–H and O–H groups in total. The van der Waals surface area contributed by atoms with Crippen molar-refractivity contribution in [1.82, 2.24) is 16.0 Å². The maximum Gasteiger partial charge on any atom is 0.327 e. The summed E-state index contributed by atoms with van der Waals surface area (Å²) >= 11 is 3.92. The van der Waals surface area contributed by atoms with Crippen molar-refractivity contribution in [1.29, 1.82) is 0 Å². The van der Waals surface area contributed by atoms with E-state index in [4.69, 9.17) is 16.6 Å². The first kappa shape index (κ1) is 28.7. The van der Waals surface area contributed by atoms with Crippen LogP contribution in [0.4, 0.5) is 0 Å². The Labute approximate surface area is 187 Å². The van der Waals surface area contributed by atoms with Gasteiger partial charge >= 0.3 is 5.97 Å². The number of primary amides is 1. The number of aliphatic carboxylic acids is 1. The number of amides is 4. The van der Waals surface area contributed by atoms with Crippen molar-refractivity contribution in [2.45, 2.75) is 71.1 Å². The second-order valence-corrected chi connectivity index (χ2v) is 8.16. The van der Waals surface area contributed by atoms with E-state index in [1.54, 1.807) is 20.8 Å². The van der Waals surface area contributed by atoms with Gasteiger partial charge in [-0.1, -0.05) is 34.1 Å². The average molecular weight is 462 g/mol. The van der Waals surface area contributed by atoms with E-state index in [9.17, 15) is 24.0 Å². The van der Waals surface area contributed by atoms with Gasteiger partial charge in [-0.3, -0.25) is 19.2 Å². The van der Waals surface area contributed by atoms with Crippen molar-refractivity contribution in [3.05, 3.63) is 0 Å². The summed E-state index contributed by atoms with van der Waals surface area (Å²) in [7, 11) is 0. The number of carboxylic acids is 1. The molecule has 0 spiro atoms. The van der Waals surface area contributed by atoms with Crippen LogP contribution in [0, 0.1) is 11.8 Å². The first-order valence-corrected chi connectivity index (χ1v) is 10.8. The predicted molar refractivity (Wildman–Crippen MR) is 118 cm³/mol. The SMILES string of the molecule is CCC(C)C(NC(=O)C(NC(=O)C(N)CCC(N)=O)C(C)C)C(=O)NC(CS)C(=O)O. The number of thiol groups is 1. The monoisotopic (exact) mass is 461 g/mol.